The third-order valence-electron chi connectivity index (χ3n) is 6.65. The highest BCUT2D eigenvalue weighted by atomic mass is 35.5. The van der Waals surface area contributed by atoms with Crippen LogP contribution in [0.5, 0.6) is 0 Å². The number of hydrogen-bond donors (Lipinski definition) is 1. The first-order valence-corrected chi connectivity index (χ1v) is 11.6. The van der Waals surface area contributed by atoms with Gasteiger partial charge in [-0.25, -0.2) is 8.78 Å². The Morgan fingerprint density at radius 2 is 1.81 bits per heavy atom. The lowest BCUT2D eigenvalue weighted by Crippen LogP contribution is -2.09. The molecule has 0 heterocycles. The predicted octanol–water partition coefficient (Wildman–Crippen LogP) is 8.00. The van der Waals surface area contributed by atoms with Crippen LogP contribution in [0, 0.1) is 11.6 Å². The van der Waals surface area contributed by atoms with Gasteiger partial charge >= 0.3 is 0 Å². The van der Waals surface area contributed by atoms with E-state index in [1.165, 1.54) is 11.6 Å². The summed E-state index contributed by atoms with van der Waals surface area (Å²) in [5.41, 5.74) is 11.1. The van der Waals surface area contributed by atoms with Gasteiger partial charge in [-0.3, -0.25) is 0 Å². The van der Waals surface area contributed by atoms with Crippen molar-refractivity contribution in [2.45, 2.75) is 51.4 Å². The first-order chi connectivity index (χ1) is 15.4. The van der Waals surface area contributed by atoms with Gasteiger partial charge in [-0.1, -0.05) is 80.9 Å². The lowest BCUT2D eigenvalue weighted by molar-refractivity contribution is 0.565. The molecule has 2 unspecified atom stereocenters. The summed E-state index contributed by atoms with van der Waals surface area (Å²) in [6, 6.07) is 15.3. The van der Waals surface area contributed by atoms with E-state index in [4.69, 9.17) is 17.3 Å². The van der Waals surface area contributed by atoms with Crippen molar-refractivity contribution in [1.29, 1.82) is 0 Å². The molecule has 166 valence electrons. The Bertz CT molecular complexity index is 1170. The van der Waals surface area contributed by atoms with Crippen LogP contribution < -0.4 is 5.73 Å². The van der Waals surface area contributed by atoms with E-state index in [2.05, 4.69) is 25.6 Å². The number of benzene rings is 3. The molecule has 1 aliphatic carbocycles. The van der Waals surface area contributed by atoms with E-state index in [0.717, 1.165) is 24.0 Å². The minimum Gasteiger partial charge on any atom is -0.399 e. The lowest BCUT2D eigenvalue weighted by Gasteiger charge is -2.24. The van der Waals surface area contributed by atoms with E-state index < -0.39 is 5.82 Å². The average Bonchev–Trinajstić information content (AvgIpc) is 3.15. The topological polar surface area (TPSA) is 26.0 Å². The van der Waals surface area contributed by atoms with Gasteiger partial charge in [0, 0.05) is 22.4 Å². The van der Waals surface area contributed by atoms with Crippen LogP contribution in [0.4, 0.5) is 8.78 Å². The van der Waals surface area contributed by atoms with Crippen LogP contribution in [0.25, 0.3) is 16.8 Å². The Labute approximate surface area is 193 Å². The molecule has 0 aromatic heterocycles. The molecule has 0 radical (unpaired) electrons. The van der Waals surface area contributed by atoms with Crippen molar-refractivity contribution in [2.24, 2.45) is 5.73 Å². The Balaban J connectivity index is 2.02. The van der Waals surface area contributed by atoms with Crippen LogP contribution in [-0.4, -0.2) is 0 Å². The first kappa shape index (κ1) is 22.5. The van der Waals surface area contributed by atoms with Gasteiger partial charge < -0.3 is 5.73 Å². The molecular formula is C28H28ClF2N. The number of fused-ring (bicyclic) bond motifs is 1. The standard InChI is InChI=1S/C28H28ClF2N/c1-4-9-18-12-13-21(16(3)32)25(28(18)31)26-24-19(15-23(30)27(26)29)14-22(20(24)5-2)17-10-7-6-8-11-17/h6-8,10-13,15,20,22H,3-5,9,14,32H2,1-2H3. The Hall–Kier alpha value is -2.65. The molecule has 0 amide bonds. The van der Waals surface area contributed by atoms with Gasteiger partial charge in [-0.15, -0.1) is 0 Å². The molecule has 2 atom stereocenters. The van der Waals surface area contributed by atoms with Crippen molar-refractivity contribution < 1.29 is 8.78 Å². The highest BCUT2D eigenvalue weighted by molar-refractivity contribution is 6.34. The quantitative estimate of drug-likeness (QED) is 0.403. The van der Waals surface area contributed by atoms with Gasteiger partial charge in [-0.05, 0) is 59.4 Å². The SMILES string of the molecule is C=C(N)c1ccc(CCC)c(F)c1-c1c(Cl)c(F)cc2c1C(CC)C(c1ccccc1)C2. The number of rotatable bonds is 6. The summed E-state index contributed by atoms with van der Waals surface area (Å²) in [7, 11) is 0. The molecule has 0 saturated heterocycles. The van der Waals surface area contributed by atoms with Gasteiger partial charge in [0.1, 0.15) is 11.6 Å². The Morgan fingerprint density at radius 1 is 1.09 bits per heavy atom. The summed E-state index contributed by atoms with van der Waals surface area (Å²) in [6.07, 6.45) is 2.89. The van der Waals surface area contributed by atoms with Crippen LogP contribution in [-0.2, 0) is 12.8 Å². The first-order valence-electron chi connectivity index (χ1n) is 11.2. The van der Waals surface area contributed by atoms with Crippen LogP contribution in [0.3, 0.4) is 0 Å². The Kier molecular flexibility index (Phi) is 6.39. The molecular weight excluding hydrogens is 424 g/mol. The monoisotopic (exact) mass is 451 g/mol. The van der Waals surface area contributed by atoms with Crippen molar-refractivity contribution in [3.8, 4) is 11.1 Å². The van der Waals surface area contributed by atoms with Gasteiger partial charge in [0.15, 0.2) is 0 Å². The zero-order valence-corrected chi connectivity index (χ0v) is 19.3. The maximum atomic E-state index is 15.9. The smallest absolute Gasteiger partial charge is 0.142 e. The molecule has 1 aliphatic rings. The van der Waals surface area contributed by atoms with Gasteiger partial charge in [0.05, 0.1) is 5.02 Å². The molecule has 0 aliphatic heterocycles. The molecule has 32 heavy (non-hydrogen) atoms. The molecule has 0 saturated carbocycles. The van der Waals surface area contributed by atoms with Crippen molar-refractivity contribution in [3.63, 3.8) is 0 Å². The number of halogens is 3. The largest absolute Gasteiger partial charge is 0.399 e. The van der Waals surface area contributed by atoms with Crippen LogP contribution in [0.15, 0.2) is 55.1 Å². The summed E-state index contributed by atoms with van der Waals surface area (Å²) in [4.78, 5) is 0. The molecule has 4 heteroatoms. The third kappa shape index (κ3) is 3.73. The fourth-order valence-electron chi connectivity index (χ4n) is 5.24. The van der Waals surface area contributed by atoms with Crippen molar-refractivity contribution >= 4 is 17.3 Å². The van der Waals surface area contributed by atoms with Crippen molar-refractivity contribution in [2.75, 3.05) is 0 Å². The lowest BCUT2D eigenvalue weighted by atomic mass is 9.81. The summed E-state index contributed by atoms with van der Waals surface area (Å²) in [6.45, 7) is 7.96. The third-order valence-corrected chi connectivity index (χ3v) is 7.02. The number of hydrogen-bond acceptors (Lipinski definition) is 1. The van der Waals surface area contributed by atoms with E-state index in [9.17, 15) is 0 Å². The fraction of sp³-hybridized carbons (Fsp3) is 0.286. The van der Waals surface area contributed by atoms with Gasteiger partial charge in [-0.2, -0.15) is 0 Å². The van der Waals surface area contributed by atoms with E-state index in [0.29, 0.717) is 29.5 Å². The molecule has 1 nitrogen and oxygen atoms in total. The molecule has 4 rings (SSSR count). The van der Waals surface area contributed by atoms with Crippen molar-refractivity contribution in [1.82, 2.24) is 0 Å². The summed E-state index contributed by atoms with van der Waals surface area (Å²) < 4.78 is 31.0. The van der Waals surface area contributed by atoms with E-state index in [1.807, 2.05) is 25.1 Å². The summed E-state index contributed by atoms with van der Waals surface area (Å²) >= 11 is 6.59. The average molecular weight is 452 g/mol. The second-order valence-corrected chi connectivity index (χ2v) is 8.97. The van der Waals surface area contributed by atoms with Crippen molar-refractivity contribution in [3.05, 3.63) is 99.6 Å². The maximum Gasteiger partial charge on any atom is 0.142 e. The normalized spacial score (nSPS) is 17.4. The summed E-state index contributed by atoms with van der Waals surface area (Å²) in [5.74, 6) is -0.644. The van der Waals surface area contributed by atoms with E-state index in [-0.39, 0.29) is 33.9 Å². The predicted molar refractivity (Wildman–Crippen MR) is 130 cm³/mol. The zero-order valence-electron chi connectivity index (χ0n) is 18.5. The highest BCUT2D eigenvalue weighted by Crippen LogP contribution is 2.53. The molecule has 0 bridgehead atoms. The minimum absolute atomic E-state index is 0.0500. The van der Waals surface area contributed by atoms with E-state index >= 15 is 8.78 Å². The highest BCUT2D eigenvalue weighted by Gasteiger charge is 2.37. The molecule has 3 aromatic carbocycles. The van der Waals surface area contributed by atoms with E-state index in [1.54, 1.807) is 12.1 Å². The number of aryl methyl sites for hydroxylation is 1. The second-order valence-electron chi connectivity index (χ2n) is 8.59. The van der Waals surface area contributed by atoms with Gasteiger partial charge in [0.2, 0.25) is 0 Å². The van der Waals surface area contributed by atoms with Crippen LogP contribution >= 0.6 is 11.6 Å². The maximum absolute atomic E-state index is 15.9. The van der Waals surface area contributed by atoms with Crippen LogP contribution in [0.1, 0.15) is 66.3 Å². The minimum atomic E-state index is -0.530. The summed E-state index contributed by atoms with van der Waals surface area (Å²) in [5, 5.41) is -0.0500. The molecule has 0 spiro atoms. The fourth-order valence-corrected chi connectivity index (χ4v) is 5.49. The zero-order chi connectivity index (χ0) is 23.0. The number of nitrogens with two attached hydrogens (primary N) is 1. The Morgan fingerprint density at radius 3 is 2.44 bits per heavy atom. The van der Waals surface area contributed by atoms with Gasteiger partial charge in [0.25, 0.3) is 0 Å². The molecule has 0 fully saturated rings. The molecule has 3 aromatic rings. The molecule has 2 N–H and O–H groups in total. The van der Waals surface area contributed by atoms with Crippen LogP contribution in [0.2, 0.25) is 5.02 Å². The second kappa shape index (κ2) is 9.07.